The molecule has 0 unspecified atom stereocenters. The molecule has 2 rings (SSSR count). The van der Waals surface area contributed by atoms with Crippen molar-refractivity contribution in [2.75, 3.05) is 25.6 Å². The normalized spacial score (nSPS) is 10.1. The number of methoxy groups -OCH3 is 1. The molecular formula is C15H15NO4S. The van der Waals surface area contributed by atoms with Crippen LogP contribution in [0.4, 0.5) is 5.69 Å². The van der Waals surface area contributed by atoms with Crippen LogP contribution in [0.25, 0.3) is 0 Å². The van der Waals surface area contributed by atoms with Gasteiger partial charge >= 0.3 is 5.97 Å². The maximum absolute atomic E-state index is 11.9. The largest absolute Gasteiger partial charge is 0.460 e. The Morgan fingerprint density at radius 1 is 1.14 bits per heavy atom. The molecule has 110 valence electrons. The van der Waals surface area contributed by atoms with Crippen molar-refractivity contribution in [3.8, 4) is 0 Å². The molecule has 0 aliphatic rings. The van der Waals surface area contributed by atoms with E-state index in [-0.39, 0.29) is 12.5 Å². The molecule has 0 radical (unpaired) electrons. The highest BCUT2D eigenvalue weighted by atomic mass is 32.1. The molecule has 0 fully saturated rings. The van der Waals surface area contributed by atoms with E-state index < -0.39 is 5.97 Å². The molecule has 6 heteroatoms. The van der Waals surface area contributed by atoms with Crippen LogP contribution in [-0.4, -0.2) is 32.2 Å². The number of anilines is 1. The molecule has 0 saturated carbocycles. The molecule has 1 amide bonds. The van der Waals surface area contributed by atoms with Crippen molar-refractivity contribution in [2.45, 2.75) is 0 Å². The lowest BCUT2D eigenvalue weighted by molar-refractivity contribution is 0.0388. The van der Waals surface area contributed by atoms with Crippen LogP contribution in [0.5, 0.6) is 0 Å². The maximum atomic E-state index is 11.9. The van der Waals surface area contributed by atoms with Crippen molar-refractivity contribution in [3.05, 3.63) is 52.2 Å². The van der Waals surface area contributed by atoms with Crippen molar-refractivity contribution in [1.29, 1.82) is 0 Å². The van der Waals surface area contributed by atoms with Gasteiger partial charge in [0.2, 0.25) is 0 Å². The fourth-order valence-corrected chi connectivity index (χ4v) is 2.21. The Bertz CT molecular complexity index is 593. The summed E-state index contributed by atoms with van der Waals surface area (Å²) in [6.07, 6.45) is 0. The van der Waals surface area contributed by atoms with Crippen molar-refractivity contribution in [2.24, 2.45) is 0 Å². The van der Waals surface area contributed by atoms with Crippen LogP contribution in [0.2, 0.25) is 0 Å². The van der Waals surface area contributed by atoms with Crippen LogP contribution in [0.15, 0.2) is 41.8 Å². The van der Waals surface area contributed by atoms with Gasteiger partial charge in [-0.1, -0.05) is 6.07 Å². The predicted octanol–water partition coefficient (Wildman–Crippen LogP) is 2.80. The number of thiophene rings is 1. The minimum absolute atomic E-state index is 0.166. The van der Waals surface area contributed by atoms with Gasteiger partial charge in [-0.25, -0.2) is 4.79 Å². The zero-order valence-corrected chi connectivity index (χ0v) is 12.3. The summed E-state index contributed by atoms with van der Waals surface area (Å²) in [5.74, 6) is -0.580. The van der Waals surface area contributed by atoms with E-state index in [2.05, 4.69) is 5.32 Å². The van der Waals surface area contributed by atoms with E-state index in [9.17, 15) is 9.59 Å². The van der Waals surface area contributed by atoms with Gasteiger partial charge in [-0.3, -0.25) is 4.79 Å². The number of carbonyl (C=O) groups is 2. The second kappa shape index (κ2) is 7.56. The van der Waals surface area contributed by atoms with Gasteiger partial charge in [-0.2, -0.15) is 0 Å². The number of nitrogens with one attached hydrogen (secondary N) is 1. The smallest absolute Gasteiger partial charge is 0.338 e. The van der Waals surface area contributed by atoms with Gasteiger partial charge in [-0.05, 0) is 35.7 Å². The van der Waals surface area contributed by atoms with Gasteiger partial charge in [0.1, 0.15) is 6.61 Å². The summed E-state index contributed by atoms with van der Waals surface area (Å²) in [4.78, 5) is 24.2. The number of rotatable bonds is 6. The lowest BCUT2D eigenvalue weighted by Gasteiger charge is -2.06. The van der Waals surface area contributed by atoms with Crippen molar-refractivity contribution in [3.63, 3.8) is 0 Å². The number of ether oxygens (including phenoxy) is 2. The van der Waals surface area contributed by atoms with Crippen molar-refractivity contribution in [1.82, 2.24) is 0 Å². The van der Waals surface area contributed by atoms with E-state index in [1.165, 1.54) is 11.3 Å². The highest BCUT2D eigenvalue weighted by Crippen LogP contribution is 2.14. The summed E-state index contributed by atoms with van der Waals surface area (Å²) in [6, 6.07) is 10.1. The van der Waals surface area contributed by atoms with E-state index in [4.69, 9.17) is 9.47 Å². The van der Waals surface area contributed by atoms with Crippen LogP contribution in [0.3, 0.4) is 0 Å². The first-order chi connectivity index (χ1) is 10.2. The second-order valence-electron chi connectivity index (χ2n) is 4.14. The Balaban J connectivity index is 1.92. The average Bonchev–Trinajstić information content (AvgIpc) is 3.02. The fourth-order valence-electron chi connectivity index (χ4n) is 1.59. The summed E-state index contributed by atoms with van der Waals surface area (Å²) >= 11 is 1.37. The molecule has 21 heavy (non-hydrogen) atoms. The van der Waals surface area contributed by atoms with Crippen LogP contribution >= 0.6 is 11.3 Å². The van der Waals surface area contributed by atoms with Crippen molar-refractivity contribution < 1.29 is 19.1 Å². The molecule has 1 heterocycles. The van der Waals surface area contributed by atoms with Gasteiger partial charge in [0.15, 0.2) is 0 Å². The van der Waals surface area contributed by atoms with Gasteiger partial charge in [0, 0.05) is 12.8 Å². The standard InChI is InChI=1S/C15H15NO4S/c1-19-8-9-20-15(18)11-4-6-12(7-5-11)16-14(17)13-3-2-10-21-13/h2-7,10H,8-9H2,1H3,(H,16,17). The molecule has 0 atom stereocenters. The van der Waals surface area contributed by atoms with E-state index >= 15 is 0 Å². The molecule has 1 aromatic carbocycles. The number of esters is 1. The molecule has 0 spiro atoms. The number of carbonyl (C=O) groups excluding carboxylic acids is 2. The second-order valence-corrected chi connectivity index (χ2v) is 5.09. The first-order valence-corrected chi connectivity index (χ1v) is 7.19. The number of benzene rings is 1. The Labute approximate surface area is 126 Å². The third-order valence-electron chi connectivity index (χ3n) is 2.64. The minimum Gasteiger partial charge on any atom is -0.460 e. The molecule has 5 nitrogen and oxygen atoms in total. The van der Waals surface area contributed by atoms with Crippen molar-refractivity contribution >= 4 is 28.9 Å². The molecule has 0 saturated heterocycles. The third-order valence-corrected chi connectivity index (χ3v) is 3.51. The molecule has 1 N–H and O–H groups in total. The van der Waals surface area contributed by atoms with E-state index in [0.29, 0.717) is 22.7 Å². The maximum Gasteiger partial charge on any atom is 0.338 e. The van der Waals surface area contributed by atoms with Crippen LogP contribution in [0, 0.1) is 0 Å². The molecule has 1 aromatic heterocycles. The van der Waals surface area contributed by atoms with E-state index in [1.54, 1.807) is 37.4 Å². The van der Waals surface area contributed by atoms with Crippen LogP contribution in [-0.2, 0) is 9.47 Å². The first kappa shape index (κ1) is 15.2. The van der Waals surface area contributed by atoms with E-state index in [0.717, 1.165) is 0 Å². The topological polar surface area (TPSA) is 64.6 Å². The molecular weight excluding hydrogens is 290 g/mol. The van der Waals surface area contributed by atoms with Gasteiger partial charge < -0.3 is 14.8 Å². The first-order valence-electron chi connectivity index (χ1n) is 6.31. The highest BCUT2D eigenvalue weighted by molar-refractivity contribution is 7.12. The summed E-state index contributed by atoms with van der Waals surface area (Å²) in [7, 11) is 1.54. The number of hydrogen-bond donors (Lipinski definition) is 1. The zero-order valence-electron chi connectivity index (χ0n) is 11.5. The van der Waals surface area contributed by atoms with Crippen LogP contribution in [0.1, 0.15) is 20.0 Å². The predicted molar refractivity (Wildman–Crippen MR) is 80.9 cm³/mol. The summed E-state index contributed by atoms with van der Waals surface area (Å²) in [6.45, 7) is 0.576. The van der Waals surface area contributed by atoms with E-state index in [1.807, 2.05) is 11.4 Å². The summed E-state index contributed by atoms with van der Waals surface area (Å²) < 4.78 is 9.80. The van der Waals surface area contributed by atoms with Gasteiger partial charge in [-0.15, -0.1) is 11.3 Å². The third kappa shape index (κ3) is 4.40. The molecule has 0 aliphatic carbocycles. The molecule has 2 aromatic rings. The Hall–Kier alpha value is -2.18. The SMILES string of the molecule is COCCOC(=O)c1ccc(NC(=O)c2cccs2)cc1. The molecule has 0 aliphatic heterocycles. The lowest BCUT2D eigenvalue weighted by atomic mass is 10.2. The average molecular weight is 305 g/mol. The Kier molecular flexibility index (Phi) is 5.48. The Morgan fingerprint density at radius 2 is 1.90 bits per heavy atom. The summed E-state index contributed by atoms with van der Waals surface area (Å²) in [5.41, 5.74) is 1.06. The molecule has 0 bridgehead atoms. The van der Waals surface area contributed by atoms with Crippen LogP contribution < -0.4 is 5.32 Å². The Morgan fingerprint density at radius 3 is 2.52 bits per heavy atom. The zero-order chi connectivity index (χ0) is 15.1. The number of hydrogen-bond acceptors (Lipinski definition) is 5. The fraction of sp³-hybridized carbons (Fsp3) is 0.200. The quantitative estimate of drug-likeness (QED) is 0.658. The lowest BCUT2D eigenvalue weighted by Crippen LogP contribution is -2.11. The number of amides is 1. The minimum atomic E-state index is -0.414. The monoisotopic (exact) mass is 305 g/mol. The highest BCUT2D eigenvalue weighted by Gasteiger charge is 2.09. The van der Waals surface area contributed by atoms with Gasteiger partial charge in [0.05, 0.1) is 17.0 Å². The van der Waals surface area contributed by atoms with Gasteiger partial charge in [0.25, 0.3) is 5.91 Å². The summed E-state index contributed by atoms with van der Waals surface area (Å²) in [5, 5.41) is 4.60.